The molecule has 2 rings (SSSR count). The smallest absolute Gasteiger partial charge is 0.242 e. The standard InChI is InChI=1S/C17H25N3O2/c18-10-4-5-11-19-17(22)15-9-6-12-20(15)16(21)13-14-7-2-1-3-8-14/h1-3,7-8,15H,4-6,9-13,18H2,(H,19,22). The van der Waals surface area contributed by atoms with Crippen molar-refractivity contribution < 1.29 is 9.59 Å². The normalized spacial score (nSPS) is 17.5. The average molecular weight is 303 g/mol. The van der Waals surface area contributed by atoms with Gasteiger partial charge in [-0.25, -0.2) is 0 Å². The highest BCUT2D eigenvalue weighted by atomic mass is 16.2. The minimum atomic E-state index is -0.311. The van der Waals surface area contributed by atoms with Crippen molar-refractivity contribution in [1.82, 2.24) is 10.2 Å². The molecule has 3 N–H and O–H groups in total. The van der Waals surface area contributed by atoms with Crippen LogP contribution in [0.15, 0.2) is 30.3 Å². The Morgan fingerprint density at radius 3 is 2.73 bits per heavy atom. The lowest BCUT2D eigenvalue weighted by Crippen LogP contribution is -2.46. The SMILES string of the molecule is NCCCCNC(=O)C1CCCN1C(=O)Cc1ccccc1. The summed E-state index contributed by atoms with van der Waals surface area (Å²) in [6.45, 7) is 1.95. The lowest BCUT2D eigenvalue weighted by molar-refractivity contribution is -0.137. The molecule has 0 saturated carbocycles. The van der Waals surface area contributed by atoms with Gasteiger partial charge in [0.15, 0.2) is 0 Å². The van der Waals surface area contributed by atoms with Crippen LogP contribution in [0.3, 0.4) is 0 Å². The van der Waals surface area contributed by atoms with Crippen molar-refractivity contribution in [1.29, 1.82) is 0 Å². The summed E-state index contributed by atoms with van der Waals surface area (Å²) in [7, 11) is 0. The molecule has 5 heteroatoms. The summed E-state index contributed by atoms with van der Waals surface area (Å²) in [5.74, 6) is 0.00161. The van der Waals surface area contributed by atoms with Gasteiger partial charge in [0.05, 0.1) is 6.42 Å². The number of hydrogen-bond acceptors (Lipinski definition) is 3. The van der Waals surface area contributed by atoms with E-state index < -0.39 is 0 Å². The molecule has 0 aliphatic carbocycles. The monoisotopic (exact) mass is 303 g/mol. The van der Waals surface area contributed by atoms with Crippen molar-refractivity contribution in [3.8, 4) is 0 Å². The summed E-state index contributed by atoms with van der Waals surface area (Å²) in [5, 5.41) is 2.92. The molecule has 22 heavy (non-hydrogen) atoms. The van der Waals surface area contributed by atoms with Crippen LogP contribution in [-0.2, 0) is 16.0 Å². The lowest BCUT2D eigenvalue weighted by atomic mass is 10.1. The maximum absolute atomic E-state index is 12.4. The molecule has 5 nitrogen and oxygen atoms in total. The topological polar surface area (TPSA) is 75.4 Å². The summed E-state index contributed by atoms with van der Waals surface area (Å²) in [5.41, 5.74) is 6.42. The Labute approximate surface area is 131 Å². The maximum atomic E-state index is 12.4. The van der Waals surface area contributed by atoms with Gasteiger partial charge in [-0.15, -0.1) is 0 Å². The third-order valence-corrected chi connectivity index (χ3v) is 4.00. The Hall–Kier alpha value is -1.88. The van der Waals surface area contributed by atoms with Crippen molar-refractivity contribution in [2.24, 2.45) is 5.73 Å². The second-order valence-electron chi connectivity index (χ2n) is 5.69. The van der Waals surface area contributed by atoms with Crippen LogP contribution in [0.25, 0.3) is 0 Å². The first-order valence-electron chi connectivity index (χ1n) is 8.03. The number of benzene rings is 1. The fourth-order valence-electron chi connectivity index (χ4n) is 2.81. The van der Waals surface area contributed by atoms with E-state index in [1.165, 1.54) is 0 Å². The van der Waals surface area contributed by atoms with E-state index in [2.05, 4.69) is 5.32 Å². The molecule has 1 aliphatic rings. The number of nitrogens with two attached hydrogens (primary N) is 1. The van der Waals surface area contributed by atoms with Gasteiger partial charge in [0, 0.05) is 13.1 Å². The van der Waals surface area contributed by atoms with Crippen LogP contribution >= 0.6 is 0 Å². The molecule has 1 aromatic rings. The molecule has 0 radical (unpaired) electrons. The van der Waals surface area contributed by atoms with E-state index in [4.69, 9.17) is 5.73 Å². The van der Waals surface area contributed by atoms with Gasteiger partial charge in [0.25, 0.3) is 0 Å². The molecule has 0 spiro atoms. The third kappa shape index (κ3) is 4.56. The molecule has 1 aliphatic heterocycles. The first kappa shape index (κ1) is 16.5. The molecule has 1 aromatic carbocycles. The Morgan fingerprint density at radius 1 is 1.23 bits per heavy atom. The van der Waals surface area contributed by atoms with Crippen LogP contribution < -0.4 is 11.1 Å². The molecule has 1 unspecified atom stereocenters. The molecule has 1 saturated heterocycles. The largest absolute Gasteiger partial charge is 0.354 e. The Morgan fingerprint density at radius 2 is 2.00 bits per heavy atom. The number of carbonyl (C=O) groups is 2. The highest BCUT2D eigenvalue weighted by molar-refractivity contribution is 5.89. The van der Waals surface area contributed by atoms with Gasteiger partial charge in [0.2, 0.25) is 11.8 Å². The predicted molar refractivity (Wildman–Crippen MR) is 86.2 cm³/mol. The number of unbranched alkanes of at least 4 members (excludes halogenated alkanes) is 1. The van der Waals surface area contributed by atoms with Crippen LogP contribution in [0.1, 0.15) is 31.2 Å². The molecule has 0 bridgehead atoms. The quantitative estimate of drug-likeness (QED) is 0.740. The van der Waals surface area contributed by atoms with E-state index in [-0.39, 0.29) is 17.9 Å². The van der Waals surface area contributed by atoms with Gasteiger partial charge < -0.3 is 16.0 Å². The van der Waals surface area contributed by atoms with Crippen molar-refractivity contribution in [2.45, 2.75) is 38.1 Å². The zero-order chi connectivity index (χ0) is 15.8. The predicted octanol–water partition coefficient (Wildman–Crippen LogP) is 1.08. The van der Waals surface area contributed by atoms with Gasteiger partial charge >= 0.3 is 0 Å². The van der Waals surface area contributed by atoms with Gasteiger partial charge in [0.1, 0.15) is 6.04 Å². The Balaban J connectivity index is 1.86. The zero-order valence-electron chi connectivity index (χ0n) is 13.0. The van der Waals surface area contributed by atoms with E-state index in [1.54, 1.807) is 4.90 Å². The van der Waals surface area contributed by atoms with Crippen molar-refractivity contribution in [2.75, 3.05) is 19.6 Å². The molecule has 120 valence electrons. The van der Waals surface area contributed by atoms with Crippen LogP contribution in [0.2, 0.25) is 0 Å². The average Bonchev–Trinajstić information content (AvgIpc) is 3.02. The summed E-state index contributed by atoms with van der Waals surface area (Å²) in [6, 6.07) is 9.35. The molecule has 1 atom stereocenters. The Bertz CT molecular complexity index is 490. The van der Waals surface area contributed by atoms with Crippen molar-refractivity contribution in [3.63, 3.8) is 0 Å². The number of amides is 2. The third-order valence-electron chi connectivity index (χ3n) is 4.00. The molecule has 0 aromatic heterocycles. The second kappa shape index (κ2) is 8.54. The maximum Gasteiger partial charge on any atom is 0.242 e. The van der Waals surface area contributed by atoms with E-state index >= 15 is 0 Å². The summed E-state index contributed by atoms with van der Waals surface area (Å²) < 4.78 is 0. The van der Waals surface area contributed by atoms with Gasteiger partial charge in [-0.1, -0.05) is 30.3 Å². The highest BCUT2D eigenvalue weighted by Crippen LogP contribution is 2.19. The number of nitrogens with one attached hydrogen (secondary N) is 1. The fourth-order valence-corrected chi connectivity index (χ4v) is 2.81. The zero-order valence-corrected chi connectivity index (χ0v) is 13.0. The molecular formula is C17H25N3O2. The van der Waals surface area contributed by atoms with Crippen molar-refractivity contribution in [3.05, 3.63) is 35.9 Å². The minimum absolute atomic E-state index is 0.0315. The number of likely N-dealkylation sites (tertiary alicyclic amines) is 1. The fraction of sp³-hybridized carbons (Fsp3) is 0.529. The van der Waals surface area contributed by atoms with E-state index in [0.29, 0.717) is 26.1 Å². The number of rotatable bonds is 7. The van der Waals surface area contributed by atoms with Crippen LogP contribution in [0, 0.1) is 0 Å². The van der Waals surface area contributed by atoms with Crippen LogP contribution in [0.4, 0.5) is 0 Å². The van der Waals surface area contributed by atoms with Crippen molar-refractivity contribution >= 4 is 11.8 Å². The molecule has 1 heterocycles. The summed E-state index contributed by atoms with van der Waals surface area (Å²) in [4.78, 5) is 26.4. The first-order valence-corrected chi connectivity index (χ1v) is 8.03. The molecular weight excluding hydrogens is 278 g/mol. The summed E-state index contributed by atoms with van der Waals surface area (Å²) >= 11 is 0. The second-order valence-corrected chi connectivity index (χ2v) is 5.69. The van der Waals surface area contributed by atoms with E-state index in [9.17, 15) is 9.59 Å². The van der Waals surface area contributed by atoms with E-state index in [0.717, 1.165) is 31.2 Å². The van der Waals surface area contributed by atoms with E-state index in [1.807, 2.05) is 30.3 Å². The number of carbonyl (C=O) groups excluding carboxylic acids is 2. The van der Waals surface area contributed by atoms with Crippen LogP contribution in [0.5, 0.6) is 0 Å². The van der Waals surface area contributed by atoms with Gasteiger partial charge in [-0.3, -0.25) is 9.59 Å². The minimum Gasteiger partial charge on any atom is -0.354 e. The van der Waals surface area contributed by atoms with Gasteiger partial charge in [-0.05, 0) is 37.8 Å². The molecule has 1 fully saturated rings. The Kier molecular flexibility index (Phi) is 6.40. The first-order chi connectivity index (χ1) is 10.7. The lowest BCUT2D eigenvalue weighted by Gasteiger charge is -2.24. The highest BCUT2D eigenvalue weighted by Gasteiger charge is 2.33. The number of nitrogens with zero attached hydrogens (tertiary/aromatic N) is 1. The number of hydrogen-bond donors (Lipinski definition) is 2. The molecule has 2 amide bonds. The summed E-state index contributed by atoms with van der Waals surface area (Å²) in [6.07, 6.45) is 3.79. The van der Waals surface area contributed by atoms with Gasteiger partial charge in [-0.2, -0.15) is 0 Å². The van der Waals surface area contributed by atoms with Crippen LogP contribution in [-0.4, -0.2) is 42.4 Å².